The molecular weight excluding hydrogens is 406 g/mol. The van der Waals surface area contributed by atoms with Crippen LogP contribution in [0.15, 0.2) is 35.9 Å². The third kappa shape index (κ3) is 2.61. The number of carbonyl (C=O) groups excluding carboxylic acids is 3. The Hall–Kier alpha value is -2.78. The molecule has 1 amide bonds. The highest BCUT2D eigenvalue weighted by atomic mass is 32.1. The van der Waals surface area contributed by atoms with Crippen LogP contribution in [-0.4, -0.2) is 64.2 Å². The van der Waals surface area contributed by atoms with Gasteiger partial charge in [0.2, 0.25) is 0 Å². The van der Waals surface area contributed by atoms with Crippen molar-refractivity contribution in [2.75, 3.05) is 19.6 Å². The smallest absolute Gasteiger partial charge is 0.342 e. The first-order chi connectivity index (χ1) is 14.5. The Labute approximate surface area is 176 Å². The summed E-state index contributed by atoms with van der Waals surface area (Å²) in [5.74, 6) is -2.53. The van der Waals surface area contributed by atoms with Crippen molar-refractivity contribution >= 4 is 39.3 Å². The van der Waals surface area contributed by atoms with Crippen LogP contribution in [0.25, 0.3) is 10.1 Å². The minimum atomic E-state index is -1.59. The maximum Gasteiger partial charge on any atom is 0.342 e. The van der Waals surface area contributed by atoms with Gasteiger partial charge in [0, 0.05) is 38.0 Å². The third-order valence-electron chi connectivity index (χ3n) is 6.54. The van der Waals surface area contributed by atoms with E-state index in [4.69, 9.17) is 9.47 Å². The van der Waals surface area contributed by atoms with E-state index in [0.29, 0.717) is 37.7 Å². The fourth-order valence-corrected chi connectivity index (χ4v) is 6.15. The number of rotatable bonds is 1. The number of amides is 1. The number of nitrogens with zero attached hydrogens (tertiary/aromatic N) is 3. The van der Waals surface area contributed by atoms with E-state index < -0.39 is 23.9 Å². The van der Waals surface area contributed by atoms with Crippen LogP contribution in [-0.2, 0) is 19.1 Å². The standard InChI is InChI=1S/C21H19N3O5S/c25-18-1-2-19(26)29-21(28-18)17-6-12-5-13(10-23(21)9-12)11-24(17)20(27)15-7-14-3-4-30-16(14)8-22-15/h1-4,7-8,12-13,17H,5-6,9-11H2. The molecule has 4 saturated heterocycles. The number of aromatic nitrogens is 1. The summed E-state index contributed by atoms with van der Waals surface area (Å²) in [7, 11) is 0. The number of piperidine rings is 2. The molecule has 30 heavy (non-hydrogen) atoms. The summed E-state index contributed by atoms with van der Waals surface area (Å²) in [5, 5.41) is 2.93. The number of ether oxygens (including phenoxy) is 2. The molecular formula is C21H19N3O5S. The van der Waals surface area contributed by atoms with Crippen LogP contribution in [0, 0.1) is 11.8 Å². The number of hydrogen-bond acceptors (Lipinski definition) is 8. The molecule has 7 rings (SSSR count). The van der Waals surface area contributed by atoms with Crippen molar-refractivity contribution in [2.24, 2.45) is 11.8 Å². The number of thiophene rings is 1. The quantitative estimate of drug-likeness (QED) is 0.644. The summed E-state index contributed by atoms with van der Waals surface area (Å²) in [6, 6.07) is 3.18. The van der Waals surface area contributed by atoms with Gasteiger partial charge in [-0.2, -0.15) is 0 Å². The van der Waals surface area contributed by atoms with Gasteiger partial charge in [0.25, 0.3) is 5.91 Å². The third-order valence-corrected chi connectivity index (χ3v) is 7.41. The number of fused-ring (bicyclic) bond motifs is 2. The molecule has 5 aliphatic rings. The lowest BCUT2D eigenvalue weighted by atomic mass is 9.82. The Bertz CT molecular complexity index is 1090. The van der Waals surface area contributed by atoms with Gasteiger partial charge in [0.05, 0.1) is 4.70 Å². The molecule has 4 fully saturated rings. The average Bonchev–Trinajstić information content (AvgIpc) is 3.05. The van der Waals surface area contributed by atoms with Crippen LogP contribution in [0.3, 0.4) is 0 Å². The summed E-state index contributed by atoms with van der Waals surface area (Å²) in [6.45, 7) is 1.80. The highest BCUT2D eigenvalue weighted by Gasteiger charge is 2.63. The zero-order valence-electron chi connectivity index (χ0n) is 16.0. The molecule has 0 N–H and O–H groups in total. The van der Waals surface area contributed by atoms with Gasteiger partial charge in [-0.05, 0) is 47.6 Å². The van der Waals surface area contributed by atoms with E-state index in [1.807, 2.05) is 16.3 Å². The van der Waals surface area contributed by atoms with E-state index in [9.17, 15) is 14.4 Å². The number of esters is 2. The number of hydrogen-bond donors (Lipinski definition) is 0. The van der Waals surface area contributed by atoms with Crippen molar-refractivity contribution in [1.82, 2.24) is 14.8 Å². The van der Waals surface area contributed by atoms with Crippen LogP contribution in [0.4, 0.5) is 0 Å². The van der Waals surface area contributed by atoms with E-state index in [0.717, 1.165) is 28.7 Å². The van der Waals surface area contributed by atoms with Crippen LogP contribution < -0.4 is 0 Å². The Morgan fingerprint density at radius 1 is 1.10 bits per heavy atom. The highest BCUT2D eigenvalue weighted by Crippen LogP contribution is 2.47. The summed E-state index contributed by atoms with van der Waals surface area (Å²) in [6.07, 6.45) is 5.49. The van der Waals surface area contributed by atoms with E-state index in [1.165, 1.54) is 0 Å². The molecule has 5 aliphatic heterocycles. The summed E-state index contributed by atoms with van der Waals surface area (Å²) < 4.78 is 12.5. The molecule has 154 valence electrons. The summed E-state index contributed by atoms with van der Waals surface area (Å²) >= 11 is 1.57. The van der Waals surface area contributed by atoms with Gasteiger partial charge in [0.1, 0.15) is 11.7 Å². The number of pyridine rings is 1. The Balaban J connectivity index is 1.44. The largest absolute Gasteiger partial charge is 0.403 e. The molecule has 2 aromatic rings. The SMILES string of the molecule is O=C1C=CC(=O)OC2(O1)C1CC3CC(CN1C(=O)c1cc4ccsc4cn1)CN2C3. The molecule has 9 heteroatoms. The van der Waals surface area contributed by atoms with E-state index >= 15 is 0 Å². The monoisotopic (exact) mass is 425 g/mol. The molecule has 8 nitrogen and oxygen atoms in total. The lowest BCUT2D eigenvalue weighted by Crippen LogP contribution is -2.69. The number of carbonyl (C=O) groups is 3. The van der Waals surface area contributed by atoms with Gasteiger partial charge in [-0.15, -0.1) is 11.3 Å². The molecule has 1 spiro atoms. The molecule has 4 atom stereocenters. The van der Waals surface area contributed by atoms with Crippen molar-refractivity contribution < 1.29 is 23.9 Å². The first-order valence-corrected chi connectivity index (χ1v) is 10.9. The lowest BCUT2D eigenvalue weighted by Gasteiger charge is -2.52. The summed E-state index contributed by atoms with van der Waals surface area (Å²) in [5.41, 5.74) is 0.344. The predicted octanol–water partition coefficient (Wildman–Crippen LogP) is 1.77. The first-order valence-electron chi connectivity index (χ1n) is 10.0. The van der Waals surface area contributed by atoms with Gasteiger partial charge in [-0.1, -0.05) is 0 Å². The normalized spacial score (nSPS) is 31.5. The van der Waals surface area contributed by atoms with Gasteiger partial charge in [-0.25, -0.2) is 19.5 Å². The average molecular weight is 425 g/mol. The fourth-order valence-electron chi connectivity index (χ4n) is 5.42. The second-order valence-corrected chi connectivity index (χ2v) is 9.36. The molecule has 7 heterocycles. The topological polar surface area (TPSA) is 89.0 Å². The van der Waals surface area contributed by atoms with Gasteiger partial charge < -0.3 is 14.4 Å². The van der Waals surface area contributed by atoms with Crippen molar-refractivity contribution in [3.63, 3.8) is 0 Å². The zero-order valence-corrected chi connectivity index (χ0v) is 16.8. The van der Waals surface area contributed by atoms with E-state index in [-0.39, 0.29) is 11.8 Å². The van der Waals surface area contributed by atoms with Gasteiger partial charge in [-0.3, -0.25) is 4.79 Å². The van der Waals surface area contributed by atoms with Crippen molar-refractivity contribution in [3.8, 4) is 0 Å². The van der Waals surface area contributed by atoms with E-state index in [1.54, 1.807) is 28.5 Å². The molecule has 2 aromatic heterocycles. The summed E-state index contributed by atoms with van der Waals surface area (Å²) in [4.78, 5) is 46.3. The maximum atomic E-state index is 13.6. The Morgan fingerprint density at radius 2 is 1.87 bits per heavy atom. The van der Waals surface area contributed by atoms with Crippen LogP contribution in [0.2, 0.25) is 0 Å². The lowest BCUT2D eigenvalue weighted by molar-refractivity contribution is -0.318. The first kappa shape index (κ1) is 18.0. The molecule has 0 aromatic carbocycles. The zero-order chi connectivity index (χ0) is 20.5. The fraction of sp³-hybridized carbons (Fsp3) is 0.429. The predicted molar refractivity (Wildman–Crippen MR) is 106 cm³/mol. The van der Waals surface area contributed by atoms with Crippen molar-refractivity contribution in [2.45, 2.75) is 24.8 Å². The van der Waals surface area contributed by atoms with E-state index in [2.05, 4.69) is 4.98 Å². The van der Waals surface area contributed by atoms with Crippen LogP contribution in [0.1, 0.15) is 23.3 Å². The Morgan fingerprint density at radius 3 is 2.67 bits per heavy atom. The van der Waals surface area contributed by atoms with Crippen molar-refractivity contribution in [1.29, 1.82) is 0 Å². The second kappa shape index (κ2) is 6.36. The van der Waals surface area contributed by atoms with Gasteiger partial charge in [0.15, 0.2) is 0 Å². The highest BCUT2D eigenvalue weighted by molar-refractivity contribution is 7.17. The molecule has 0 radical (unpaired) electrons. The van der Waals surface area contributed by atoms with Crippen LogP contribution >= 0.6 is 11.3 Å². The second-order valence-electron chi connectivity index (χ2n) is 8.42. The van der Waals surface area contributed by atoms with Gasteiger partial charge >= 0.3 is 17.8 Å². The molecule has 4 bridgehead atoms. The minimum absolute atomic E-state index is 0.218. The van der Waals surface area contributed by atoms with Crippen LogP contribution in [0.5, 0.6) is 0 Å². The Kier molecular flexibility index (Phi) is 3.82. The molecule has 4 unspecified atom stereocenters. The maximum absolute atomic E-state index is 13.6. The van der Waals surface area contributed by atoms with Crippen molar-refractivity contribution in [3.05, 3.63) is 41.6 Å². The minimum Gasteiger partial charge on any atom is -0.403 e. The molecule has 0 aliphatic carbocycles. The molecule has 0 saturated carbocycles.